The Labute approximate surface area is 178 Å². The second-order valence-corrected chi connectivity index (χ2v) is 8.21. The Kier molecular flexibility index (Phi) is 6.71. The fourth-order valence-electron chi connectivity index (χ4n) is 2.50. The summed E-state index contributed by atoms with van der Waals surface area (Å²) in [6.45, 7) is -0.595. The molecule has 3 aromatic carbocycles. The van der Waals surface area contributed by atoms with Gasteiger partial charge in [0.15, 0.2) is 6.61 Å². The van der Waals surface area contributed by atoms with Gasteiger partial charge in [0, 0.05) is 10.7 Å². The van der Waals surface area contributed by atoms with Gasteiger partial charge >= 0.3 is 0 Å². The summed E-state index contributed by atoms with van der Waals surface area (Å²) in [7, 11) is -4.07. The first kappa shape index (κ1) is 21.4. The zero-order valence-electron chi connectivity index (χ0n) is 15.5. The molecule has 0 spiro atoms. The van der Waals surface area contributed by atoms with E-state index in [1.54, 1.807) is 36.4 Å². The Morgan fingerprint density at radius 1 is 0.867 bits per heavy atom. The van der Waals surface area contributed by atoms with Gasteiger partial charge in [0.05, 0.1) is 10.5 Å². The number of amides is 2. The van der Waals surface area contributed by atoms with Gasteiger partial charge in [-0.2, -0.15) is 0 Å². The minimum absolute atomic E-state index is 0.108. The largest absolute Gasteiger partial charge is 0.483 e. The van der Waals surface area contributed by atoms with Gasteiger partial charge in [0.1, 0.15) is 5.75 Å². The Balaban J connectivity index is 1.65. The van der Waals surface area contributed by atoms with Gasteiger partial charge in [-0.1, -0.05) is 41.9 Å². The summed E-state index contributed by atoms with van der Waals surface area (Å²) >= 11 is 5.74. The first-order valence-electron chi connectivity index (χ1n) is 8.74. The van der Waals surface area contributed by atoms with E-state index in [2.05, 4.69) is 5.32 Å². The minimum atomic E-state index is -4.07. The second-order valence-electron chi connectivity index (χ2n) is 6.09. The standard InChI is InChI=1S/C21H17ClN2O5S/c22-15-10-12-17(13-11-15)30(27,28)24-20(25)14-29-19-9-5-4-8-18(19)21(26)23-16-6-2-1-3-7-16/h1-13H,14H2,(H,23,26)(H,24,25). The Morgan fingerprint density at radius 2 is 1.50 bits per heavy atom. The number of sulfonamides is 1. The molecule has 0 heterocycles. The van der Waals surface area contributed by atoms with Crippen LogP contribution in [-0.4, -0.2) is 26.8 Å². The van der Waals surface area contributed by atoms with Crippen LogP contribution in [0.2, 0.25) is 5.02 Å². The summed E-state index contributed by atoms with van der Waals surface area (Å²) in [5.41, 5.74) is 0.804. The molecule has 7 nitrogen and oxygen atoms in total. The van der Waals surface area contributed by atoms with Crippen molar-refractivity contribution in [1.29, 1.82) is 0 Å². The van der Waals surface area contributed by atoms with E-state index in [9.17, 15) is 18.0 Å². The number of anilines is 1. The number of hydrogen-bond acceptors (Lipinski definition) is 5. The van der Waals surface area contributed by atoms with Crippen LogP contribution >= 0.6 is 11.6 Å². The maximum atomic E-state index is 12.5. The van der Waals surface area contributed by atoms with Crippen molar-refractivity contribution in [3.05, 3.63) is 89.4 Å². The third-order valence-corrected chi connectivity index (χ3v) is 5.54. The minimum Gasteiger partial charge on any atom is -0.483 e. The van der Waals surface area contributed by atoms with Crippen LogP contribution in [0.3, 0.4) is 0 Å². The molecular weight excluding hydrogens is 428 g/mol. The highest BCUT2D eigenvalue weighted by atomic mass is 35.5. The van der Waals surface area contributed by atoms with E-state index in [-0.39, 0.29) is 16.2 Å². The number of para-hydroxylation sites is 2. The molecule has 0 bridgehead atoms. The zero-order valence-corrected chi connectivity index (χ0v) is 17.1. The average Bonchev–Trinajstić information content (AvgIpc) is 2.73. The third kappa shape index (κ3) is 5.59. The second kappa shape index (κ2) is 9.43. The Hall–Kier alpha value is -3.36. The summed E-state index contributed by atoms with van der Waals surface area (Å²) in [5.74, 6) is -1.17. The number of carbonyl (C=O) groups excluding carboxylic acids is 2. The smallest absolute Gasteiger partial charge is 0.271 e. The van der Waals surface area contributed by atoms with Crippen LogP contribution in [0.25, 0.3) is 0 Å². The van der Waals surface area contributed by atoms with Crippen molar-refractivity contribution in [3.63, 3.8) is 0 Å². The monoisotopic (exact) mass is 444 g/mol. The number of halogens is 1. The fraction of sp³-hybridized carbons (Fsp3) is 0.0476. The number of hydrogen-bond donors (Lipinski definition) is 2. The molecule has 0 aliphatic heterocycles. The fourth-order valence-corrected chi connectivity index (χ4v) is 3.59. The molecule has 0 aliphatic carbocycles. The van der Waals surface area contributed by atoms with Crippen LogP contribution in [0, 0.1) is 0 Å². The molecular formula is C21H17ClN2O5S. The Bertz CT molecular complexity index is 1150. The van der Waals surface area contributed by atoms with Crippen molar-refractivity contribution >= 4 is 39.1 Å². The number of nitrogens with one attached hydrogen (secondary N) is 2. The summed E-state index contributed by atoms with van der Waals surface area (Å²) < 4.78 is 31.8. The van der Waals surface area contributed by atoms with Crippen molar-refractivity contribution in [3.8, 4) is 5.75 Å². The predicted molar refractivity (Wildman–Crippen MR) is 113 cm³/mol. The van der Waals surface area contributed by atoms with Crippen LogP contribution < -0.4 is 14.8 Å². The van der Waals surface area contributed by atoms with Gasteiger partial charge in [-0.25, -0.2) is 13.1 Å². The quantitative estimate of drug-likeness (QED) is 0.581. The van der Waals surface area contributed by atoms with Gasteiger partial charge in [0.2, 0.25) is 0 Å². The SMILES string of the molecule is O=C(COc1ccccc1C(=O)Nc1ccccc1)NS(=O)(=O)c1ccc(Cl)cc1. The summed E-state index contributed by atoms with van der Waals surface area (Å²) in [5, 5.41) is 3.09. The van der Waals surface area contributed by atoms with Gasteiger partial charge in [-0.3, -0.25) is 9.59 Å². The lowest BCUT2D eigenvalue weighted by molar-refractivity contribution is -0.121. The normalized spacial score (nSPS) is 10.8. The van der Waals surface area contributed by atoms with Crippen molar-refractivity contribution < 1.29 is 22.7 Å². The van der Waals surface area contributed by atoms with Crippen molar-refractivity contribution in [1.82, 2.24) is 4.72 Å². The average molecular weight is 445 g/mol. The summed E-state index contributed by atoms with van der Waals surface area (Å²) in [6, 6.07) is 20.6. The van der Waals surface area contributed by atoms with E-state index < -0.39 is 28.4 Å². The summed E-state index contributed by atoms with van der Waals surface area (Å²) in [4.78, 5) is 24.5. The van der Waals surface area contributed by atoms with Crippen LogP contribution in [0.4, 0.5) is 5.69 Å². The molecule has 0 saturated heterocycles. The molecule has 0 atom stereocenters. The van der Waals surface area contributed by atoms with E-state index in [4.69, 9.17) is 16.3 Å². The Morgan fingerprint density at radius 3 is 2.20 bits per heavy atom. The van der Waals surface area contributed by atoms with Crippen molar-refractivity contribution in [2.45, 2.75) is 4.90 Å². The molecule has 0 aromatic heterocycles. The van der Waals surface area contributed by atoms with Gasteiger partial charge < -0.3 is 10.1 Å². The molecule has 9 heteroatoms. The molecule has 2 N–H and O–H groups in total. The predicted octanol–water partition coefficient (Wildman–Crippen LogP) is 3.48. The highest BCUT2D eigenvalue weighted by molar-refractivity contribution is 7.90. The van der Waals surface area contributed by atoms with Crippen LogP contribution in [0.1, 0.15) is 10.4 Å². The lowest BCUT2D eigenvalue weighted by atomic mass is 10.2. The maximum Gasteiger partial charge on any atom is 0.271 e. The first-order chi connectivity index (χ1) is 14.3. The van der Waals surface area contributed by atoms with Crippen LogP contribution in [0.5, 0.6) is 5.75 Å². The van der Waals surface area contributed by atoms with Crippen molar-refractivity contribution in [2.75, 3.05) is 11.9 Å². The molecule has 0 fully saturated rings. The first-order valence-corrected chi connectivity index (χ1v) is 10.6. The molecule has 3 rings (SSSR count). The van der Waals surface area contributed by atoms with Gasteiger partial charge in [0.25, 0.3) is 21.8 Å². The molecule has 3 aromatic rings. The summed E-state index contributed by atoms with van der Waals surface area (Å²) in [6.07, 6.45) is 0. The highest BCUT2D eigenvalue weighted by Gasteiger charge is 2.19. The van der Waals surface area contributed by atoms with Gasteiger partial charge in [-0.15, -0.1) is 0 Å². The van der Waals surface area contributed by atoms with Gasteiger partial charge in [-0.05, 0) is 48.5 Å². The molecule has 2 amide bonds. The molecule has 0 saturated carbocycles. The highest BCUT2D eigenvalue weighted by Crippen LogP contribution is 2.20. The molecule has 154 valence electrons. The lowest BCUT2D eigenvalue weighted by Crippen LogP contribution is -2.34. The number of benzene rings is 3. The lowest BCUT2D eigenvalue weighted by Gasteiger charge is -2.12. The number of carbonyl (C=O) groups is 2. The van der Waals surface area contributed by atoms with E-state index in [0.29, 0.717) is 10.7 Å². The molecule has 0 radical (unpaired) electrons. The molecule has 30 heavy (non-hydrogen) atoms. The third-order valence-electron chi connectivity index (χ3n) is 3.89. The van der Waals surface area contributed by atoms with Crippen LogP contribution in [0.15, 0.2) is 83.8 Å². The van der Waals surface area contributed by atoms with E-state index in [0.717, 1.165) is 0 Å². The van der Waals surface area contributed by atoms with Crippen LogP contribution in [-0.2, 0) is 14.8 Å². The maximum absolute atomic E-state index is 12.5. The topological polar surface area (TPSA) is 102 Å². The molecule has 0 aliphatic rings. The zero-order chi connectivity index (χ0) is 21.6. The van der Waals surface area contributed by atoms with E-state index >= 15 is 0 Å². The van der Waals surface area contributed by atoms with E-state index in [1.165, 1.54) is 36.4 Å². The number of rotatable bonds is 7. The van der Waals surface area contributed by atoms with Crippen molar-refractivity contribution in [2.24, 2.45) is 0 Å². The van der Waals surface area contributed by atoms with E-state index in [1.807, 2.05) is 10.8 Å². The number of ether oxygens (including phenoxy) is 1. The molecule has 0 unspecified atom stereocenters.